The molecule has 3 nitrogen and oxygen atoms in total. The molecule has 0 heterocycles. The van der Waals surface area contributed by atoms with E-state index in [0.29, 0.717) is 0 Å². The summed E-state index contributed by atoms with van der Waals surface area (Å²) in [6.45, 7) is 4.07. The molecule has 16 heavy (non-hydrogen) atoms. The molecule has 0 aromatic heterocycles. The highest BCUT2D eigenvalue weighted by molar-refractivity contribution is 4.79. The molecule has 0 spiro atoms. The summed E-state index contributed by atoms with van der Waals surface area (Å²) < 4.78 is 5.58. The van der Waals surface area contributed by atoms with Crippen molar-refractivity contribution in [2.45, 2.75) is 51.0 Å². The molecule has 1 aliphatic rings. The number of rotatable bonds is 10. The Hall–Kier alpha value is -0.120. The highest BCUT2D eigenvalue weighted by Gasteiger charge is 2.21. The number of hydrogen-bond acceptors (Lipinski definition) is 3. The van der Waals surface area contributed by atoms with Crippen LogP contribution >= 0.6 is 0 Å². The van der Waals surface area contributed by atoms with Crippen molar-refractivity contribution in [2.24, 2.45) is 5.92 Å². The molecule has 1 aliphatic carbocycles. The third-order valence-corrected chi connectivity index (χ3v) is 3.59. The van der Waals surface area contributed by atoms with Crippen molar-refractivity contribution in [2.75, 3.05) is 26.9 Å². The molecular weight excluding hydrogens is 202 g/mol. The Kier molecular flexibility index (Phi) is 6.32. The van der Waals surface area contributed by atoms with E-state index in [4.69, 9.17) is 4.74 Å². The molecule has 1 atom stereocenters. The summed E-state index contributed by atoms with van der Waals surface area (Å²) in [5, 5.41) is 12.4. The first kappa shape index (κ1) is 13.9. The van der Waals surface area contributed by atoms with Crippen molar-refractivity contribution in [3.63, 3.8) is 0 Å². The summed E-state index contributed by atoms with van der Waals surface area (Å²) in [5.74, 6) is 0.974. The standard InChI is InChI=1S/C13H27NO2/c1-13(11-15,14-2)8-3-4-9-16-10-7-12-5-6-12/h12,14-15H,3-11H2,1-2H3. The van der Waals surface area contributed by atoms with Gasteiger partial charge in [-0.2, -0.15) is 0 Å². The quantitative estimate of drug-likeness (QED) is 0.563. The zero-order chi connectivity index (χ0) is 11.9. The van der Waals surface area contributed by atoms with E-state index in [0.717, 1.165) is 38.4 Å². The van der Waals surface area contributed by atoms with Gasteiger partial charge in [0.15, 0.2) is 0 Å². The minimum atomic E-state index is -0.117. The van der Waals surface area contributed by atoms with Gasteiger partial charge >= 0.3 is 0 Å². The molecule has 1 fully saturated rings. The Balaban J connectivity index is 1.86. The fraction of sp³-hybridized carbons (Fsp3) is 1.00. The highest BCUT2D eigenvalue weighted by Crippen LogP contribution is 2.32. The lowest BCUT2D eigenvalue weighted by molar-refractivity contribution is 0.118. The Labute approximate surface area is 99.6 Å². The Morgan fingerprint density at radius 2 is 2.06 bits per heavy atom. The Bertz CT molecular complexity index is 177. The second-order valence-electron chi connectivity index (χ2n) is 5.27. The van der Waals surface area contributed by atoms with Gasteiger partial charge in [0.1, 0.15) is 0 Å². The van der Waals surface area contributed by atoms with Crippen LogP contribution in [0.5, 0.6) is 0 Å². The normalized spacial score (nSPS) is 19.7. The largest absolute Gasteiger partial charge is 0.394 e. The predicted octanol–water partition coefficient (Wildman–Crippen LogP) is 1.94. The van der Waals surface area contributed by atoms with Crippen molar-refractivity contribution in [3.05, 3.63) is 0 Å². The molecule has 2 N–H and O–H groups in total. The Morgan fingerprint density at radius 1 is 1.31 bits per heavy atom. The van der Waals surface area contributed by atoms with Crippen LogP contribution in [0.2, 0.25) is 0 Å². The van der Waals surface area contributed by atoms with E-state index in [9.17, 15) is 5.11 Å². The van der Waals surface area contributed by atoms with Gasteiger partial charge in [0.05, 0.1) is 6.61 Å². The fourth-order valence-corrected chi connectivity index (χ4v) is 1.76. The number of unbranched alkanes of at least 4 members (excludes halogenated alkanes) is 1. The van der Waals surface area contributed by atoms with E-state index in [-0.39, 0.29) is 12.1 Å². The van der Waals surface area contributed by atoms with Crippen LogP contribution in [0, 0.1) is 5.92 Å². The third-order valence-electron chi connectivity index (χ3n) is 3.59. The molecule has 3 heteroatoms. The number of hydrogen-bond donors (Lipinski definition) is 2. The lowest BCUT2D eigenvalue weighted by Crippen LogP contribution is -2.43. The first-order chi connectivity index (χ1) is 7.70. The maximum absolute atomic E-state index is 9.20. The second-order valence-corrected chi connectivity index (χ2v) is 5.27. The van der Waals surface area contributed by atoms with Crippen LogP contribution in [0.3, 0.4) is 0 Å². The molecule has 0 bridgehead atoms. The summed E-state index contributed by atoms with van der Waals surface area (Å²) in [4.78, 5) is 0. The van der Waals surface area contributed by atoms with Gasteiger partial charge in [-0.05, 0) is 45.6 Å². The van der Waals surface area contributed by atoms with E-state index >= 15 is 0 Å². The van der Waals surface area contributed by atoms with E-state index in [1.54, 1.807) is 0 Å². The van der Waals surface area contributed by atoms with Crippen LogP contribution in [-0.2, 0) is 4.74 Å². The minimum absolute atomic E-state index is 0.117. The van der Waals surface area contributed by atoms with Crippen LogP contribution < -0.4 is 5.32 Å². The molecule has 0 aromatic carbocycles. The molecule has 1 saturated carbocycles. The predicted molar refractivity (Wildman–Crippen MR) is 66.6 cm³/mol. The molecule has 0 radical (unpaired) electrons. The van der Waals surface area contributed by atoms with Gasteiger partial charge in [-0.3, -0.25) is 0 Å². The molecule has 0 amide bonds. The first-order valence-electron chi connectivity index (χ1n) is 6.58. The van der Waals surface area contributed by atoms with Gasteiger partial charge in [-0.25, -0.2) is 0 Å². The van der Waals surface area contributed by atoms with Crippen molar-refractivity contribution in [1.29, 1.82) is 0 Å². The van der Waals surface area contributed by atoms with Crippen molar-refractivity contribution in [1.82, 2.24) is 5.32 Å². The second kappa shape index (κ2) is 7.25. The SMILES string of the molecule is CNC(C)(CO)CCCCOCCC1CC1. The van der Waals surface area contributed by atoms with Gasteiger partial charge < -0.3 is 15.2 Å². The molecular formula is C13H27NO2. The van der Waals surface area contributed by atoms with Crippen LogP contribution in [0.15, 0.2) is 0 Å². The van der Waals surface area contributed by atoms with Crippen molar-refractivity contribution >= 4 is 0 Å². The minimum Gasteiger partial charge on any atom is -0.394 e. The summed E-state index contributed by atoms with van der Waals surface area (Å²) in [7, 11) is 1.91. The monoisotopic (exact) mass is 229 g/mol. The van der Waals surface area contributed by atoms with Gasteiger partial charge in [0.2, 0.25) is 0 Å². The summed E-state index contributed by atoms with van der Waals surface area (Å²) in [5.41, 5.74) is -0.117. The average molecular weight is 229 g/mol. The molecule has 1 unspecified atom stereocenters. The van der Waals surface area contributed by atoms with E-state index < -0.39 is 0 Å². The summed E-state index contributed by atoms with van der Waals surface area (Å²) in [6.07, 6.45) is 7.31. The van der Waals surface area contributed by atoms with Crippen molar-refractivity contribution in [3.8, 4) is 0 Å². The fourth-order valence-electron chi connectivity index (χ4n) is 1.76. The van der Waals surface area contributed by atoms with Crippen LogP contribution in [-0.4, -0.2) is 37.5 Å². The molecule has 0 aromatic rings. The van der Waals surface area contributed by atoms with E-state index in [1.807, 2.05) is 7.05 Å². The zero-order valence-electron chi connectivity index (χ0n) is 10.8. The van der Waals surface area contributed by atoms with Crippen LogP contribution in [0.25, 0.3) is 0 Å². The van der Waals surface area contributed by atoms with Crippen molar-refractivity contribution < 1.29 is 9.84 Å². The number of nitrogens with one attached hydrogen (secondary N) is 1. The zero-order valence-corrected chi connectivity index (χ0v) is 10.8. The smallest absolute Gasteiger partial charge is 0.0610 e. The van der Waals surface area contributed by atoms with Gasteiger partial charge in [0.25, 0.3) is 0 Å². The molecule has 1 rings (SSSR count). The average Bonchev–Trinajstić information content (AvgIpc) is 3.11. The number of ether oxygens (including phenoxy) is 1. The number of aliphatic hydroxyl groups is 1. The van der Waals surface area contributed by atoms with E-state index in [1.165, 1.54) is 19.3 Å². The Morgan fingerprint density at radius 3 is 2.62 bits per heavy atom. The summed E-state index contributed by atoms with van der Waals surface area (Å²) >= 11 is 0. The number of likely N-dealkylation sites (N-methyl/N-ethyl adjacent to an activating group) is 1. The number of aliphatic hydroxyl groups excluding tert-OH is 1. The molecule has 0 aliphatic heterocycles. The lowest BCUT2D eigenvalue weighted by Gasteiger charge is -2.26. The van der Waals surface area contributed by atoms with Crippen LogP contribution in [0.4, 0.5) is 0 Å². The van der Waals surface area contributed by atoms with Crippen LogP contribution in [0.1, 0.15) is 45.4 Å². The van der Waals surface area contributed by atoms with Gasteiger partial charge in [-0.1, -0.05) is 12.8 Å². The maximum atomic E-state index is 9.20. The van der Waals surface area contributed by atoms with Gasteiger partial charge in [0, 0.05) is 18.8 Å². The maximum Gasteiger partial charge on any atom is 0.0610 e. The highest BCUT2D eigenvalue weighted by atomic mass is 16.5. The third kappa shape index (κ3) is 5.83. The summed E-state index contributed by atoms with van der Waals surface area (Å²) in [6, 6.07) is 0. The molecule has 0 saturated heterocycles. The van der Waals surface area contributed by atoms with E-state index in [2.05, 4.69) is 12.2 Å². The lowest BCUT2D eigenvalue weighted by atomic mass is 9.96. The molecule has 96 valence electrons. The topological polar surface area (TPSA) is 41.5 Å². The van der Waals surface area contributed by atoms with Gasteiger partial charge in [-0.15, -0.1) is 0 Å². The first-order valence-corrected chi connectivity index (χ1v) is 6.58.